The number of halogens is 1. The number of nitro groups is 1. The van der Waals surface area contributed by atoms with Crippen LogP contribution in [-0.2, 0) is 11.2 Å². The number of hydrogen-bond donors (Lipinski definition) is 1. The number of nitro benzene ring substituents is 1. The first kappa shape index (κ1) is 13.6. The molecule has 2 rings (SSSR count). The third-order valence-corrected chi connectivity index (χ3v) is 2.52. The van der Waals surface area contributed by atoms with Gasteiger partial charge in [-0.3, -0.25) is 14.9 Å². The fraction of sp³-hybridized carbons (Fsp3) is 0.0769. The Hall–Kier alpha value is -2.83. The molecule has 0 aliphatic heterocycles. The van der Waals surface area contributed by atoms with Gasteiger partial charge in [-0.05, 0) is 17.7 Å². The molecule has 1 amide bonds. The zero-order chi connectivity index (χ0) is 14.5. The predicted molar refractivity (Wildman–Crippen MR) is 69.6 cm³/mol. The Morgan fingerprint density at radius 1 is 1.25 bits per heavy atom. The van der Waals surface area contributed by atoms with Crippen LogP contribution in [0.5, 0.6) is 0 Å². The number of pyridine rings is 1. The number of non-ortho nitro benzene ring substituents is 1. The Balaban J connectivity index is 1.97. The monoisotopic (exact) mass is 275 g/mol. The Labute approximate surface area is 113 Å². The van der Waals surface area contributed by atoms with Crippen LogP contribution in [0.4, 0.5) is 15.8 Å². The summed E-state index contributed by atoms with van der Waals surface area (Å²) in [6, 6.07) is 8.24. The number of anilines is 1. The molecule has 1 aromatic carbocycles. The summed E-state index contributed by atoms with van der Waals surface area (Å²) in [5, 5.41) is 13.0. The van der Waals surface area contributed by atoms with Crippen LogP contribution in [0.1, 0.15) is 5.56 Å². The summed E-state index contributed by atoms with van der Waals surface area (Å²) in [4.78, 5) is 25.1. The molecule has 0 bridgehead atoms. The average Bonchev–Trinajstić information content (AvgIpc) is 2.42. The van der Waals surface area contributed by atoms with E-state index in [1.165, 1.54) is 36.5 Å². The van der Waals surface area contributed by atoms with Crippen molar-refractivity contribution in [3.8, 4) is 0 Å². The minimum Gasteiger partial charge on any atom is -0.324 e. The van der Waals surface area contributed by atoms with Crippen molar-refractivity contribution in [2.45, 2.75) is 6.42 Å². The van der Waals surface area contributed by atoms with Crippen LogP contribution in [0.15, 0.2) is 42.6 Å². The lowest BCUT2D eigenvalue weighted by Gasteiger charge is -2.04. The zero-order valence-electron chi connectivity index (χ0n) is 10.2. The summed E-state index contributed by atoms with van der Waals surface area (Å²) in [7, 11) is 0. The van der Waals surface area contributed by atoms with Crippen LogP contribution in [0, 0.1) is 16.1 Å². The molecule has 0 unspecified atom stereocenters. The normalized spacial score (nSPS) is 10.1. The van der Waals surface area contributed by atoms with Gasteiger partial charge in [-0.15, -0.1) is 0 Å². The van der Waals surface area contributed by atoms with E-state index < -0.39 is 10.9 Å². The summed E-state index contributed by atoms with van der Waals surface area (Å²) in [6.45, 7) is 0. The second kappa shape index (κ2) is 5.87. The van der Waals surface area contributed by atoms with Crippen molar-refractivity contribution in [1.82, 2.24) is 4.98 Å². The van der Waals surface area contributed by atoms with E-state index in [-0.39, 0.29) is 18.0 Å². The van der Waals surface area contributed by atoms with E-state index in [2.05, 4.69) is 10.3 Å². The van der Waals surface area contributed by atoms with Gasteiger partial charge >= 0.3 is 0 Å². The maximum absolute atomic E-state index is 12.6. The van der Waals surface area contributed by atoms with Crippen molar-refractivity contribution >= 4 is 17.3 Å². The third-order valence-electron chi connectivity index (χ3n) is 2.52. The third kappa shape index (κ3) is 3.58. The average molecular weight is 275 g/mol. The molecule has 1 aromatic heterocycles. The summed E-state index contributed by atoms with van der Waals surface area (Å²) >= 11 is 0. The molecular weight excluding hydrogens is 265 g/mol. The summed E-state index contributed by atoms with van der Waals surface area (Å²) in [5.74, 6) is -0.939. The topological polar surface area (TPSA) is 85.1 Å². The largest absolute Gasteiger partial charge is 0.324 e. The second-order valence-corrected chi connectivity index (χ2v) is 4.02. The van der Waals surface area contributed by atoms with E-state index in [1.807, 2.05) is 0 Å². The van der Waals surface area contributed by atoms with Gasteiger partial charge in [0, 0.05) is 12.1 Å². The van der Waals surface area contributed by atoms with Gasteiger partial charge in [0.2, 0.25) is 11.9 Å². The van der Waals surface area contributed by atoms with Gasteiger partial charge in [0.25, 0.3) is 5.69 Å². The Kier molecular flexibility index (Phi) is 3.99. The van der Waals surface area contributed by atoms with Crippen LogP contribution in [-0.4, -0.2) is 15.8 Å². The molecule has 0 aliphatic rings. The molecule has 6 nitrogen and oxygen atoms in total. The molecule has 0 spiro atoms. The van der Waals surface area contributed by atoms with Crippen LogP contribution >= 0.6 is 0 Å². The van der Waals surface area contributed by atoms with E-state index in [0.717, 1.165) is 6.07 Å². The number of hydrogen-bond acceptors (Lipinski definition) is 4. The van der Waals surface area contributed by atoms with Gasteiger partial charge in [-0.2, -0.15) is 4.39 Å². The van der Waals surface area contributed by atoms with Gasteiger partial charge in [-0.25, -0.2) is 4.98 Å². The molecule has 102 valence electrons. The van der Waals surface area contributed by atoms with E-state index >= 15 is 0 Å². The lowest BCUT2D eigenvalue weighted by atomic mass is 10.1. The highest BCUT2D eigenvalue weighted by atomic mass is 19.1. The van der Waals surface area contributed by atoms with Gasteiger partial charge in [0.1, 0.15) is 0 Å². The SMILES string of the molecule is O=C(Cc1ccc([N+](=O)[O-])cc1)Nc1ccc(F)nc1. The molecule has 1 heterocycles. The highest BCUT2D eigenvalue weighted by molar-refractivity contribution is 5.92. The minimum atomic E-state index is -0.627. The molecule has 0 aliphatic carbocycles. The molecule has 0 radical (unpaired) electrons. The Morgan fingerprint density at radius 3 is 2.50 bits per heavy atom. The van der Waals surface area contributed by atoms with Crippen LogP contribution in [0.25, 0.3) is 0 Å². The van der Waals surface area contributed by atoms with E-state index in [1.54, 1.807) is 0 Å². The molecule has 2 aromatic rings. The summed E-state index contributed by atoms with van der Waals surface area (Å²) < 4.78 is 12.6. The second-order valence-electron chi connectivity index (χ2n) is 4.02. The fourth-order valence-corrected chi connectivity index (χ4v) is 1.58. The highest BCUT2D eigenvalue weighted by Gasteiger charge is 2.07. The van der Waals surface area contributed by atoms with Gasteiger partial charge in [0.05, 0.1) is 23.2 Å². The summed E-state index contributed by atoms with van der Waals surface area (Å²) in [6.07, 6.45) is 1.28. The van der Waals surface area contributed by atoms with Crippen LogP contribution in [0.2, 0.25) is 0 Å². The molecule has 0 fully saturated rings. The first-order valence-electron chi connectivity index (χ1n) is 5.69. The molecule has 0 atom stereocenters. The van der Waals surface area contributed by atoms with Gasteiger partial charge < -0.3 is 5.32 Å². The van der Waals surface area contributed by atoms with E-state index in [4.69, 9.17) is 0 Å². The van der Waals surface area contributed by atoms with Crippen molar-refractivity contribution in [2.24, 2.45) is 0 Å². The molecular formula is C13H10FN3O3. The van der Waals surface area contributed by atoms with Crippen molar-refractivity contribution < 1.29 is 14.1 Å². The number of benzene rings is 1. The predicted octanol–water partition coefficient (Wildman–Crippen LogP) is 2.31. The number of nitrogens with one attached hydrogen (secondary N) is 1. The minimum absolute atomic E-state index is 0.0307. The number of nitrogens with zero attached hydrogens (tertiary/aromatic N) is 2. The zero-order valence-corrected chi connectivity index (χ0v) is 10.2. The van der Waals surface area contributed by atoms with Crippen molar-refractivity contribution in [1.29, 1.82) is 0 Å². The molecule has 0 saturated heterocycles. The first-order chi connectivity index (χ1) is 9.54. The standard InChI is InChI=1S/C13H10FN3O3/c14-12-6-3-10(8-15-12)16-13(18)7-9-1-4-11(5-2-9)17(19)20/h1-6,8H,7H2,(H,16,18). The lowest BCUT2D eigenvalue weighted by molar-refractivity contribution is -0.384. The number of amides is 1. The molecule has 7 heteroatoms. The number of carbonyl (C=O) groups is 1. The molecule has 0 saturated carbocycles. The smallest absolute Gasteiger partial charge is 0.269 e. The van der Waals surface area contributed by atoms with Gasteiger partial charge in [0.15, 0.2) is 0 Å². The van der Waals surface area contributed by atoms with E-state index in [9.17, 15) is 19.3 Å². The highest BCUT2D eigenvalue weighted by Crippen LogP contribution is 2.13. The number of rotatable bonds is 4. The van der Waals surface area contributed by atoms with Crippen LogP contribution in [0.3, 0.4) is 0 Å². The number of carbonyl (C=O) groups excluding carboxylic acids is 1. The van der Waals surface area contributed by atoms with Crippen molar-refractivity contribution in [2.75, 3.05) is 5.32 Å². The molecule has 20 heavy (non-hydrogen) atoms. The van der Waals surface area contributed by atoms with Gasteiger partial charge in [-0.1, -0.05) is 12.1 Å². The first-order valence-corrected chi connectivity index (χ1v) is 5.69. The Morgan fingerprint density at radius 2 is 1.95 bits per heavy atom. The maximum atomic E-state index is 12.6. The van der Waals surface area contributed by atoms with Crippen LogP contribution < -0.4 is 5.32 Å². The van der Waals surface area contributed by atoms with Crippen molar-refractivity contribution in [3.05, 3.63) is 64.2 Å². The van der Waals surface area contributed by atoms with E-state index in [0.29, 0.717) is 11.3 Å². The summed E-state index contributed by atoms with van der Waals surface area (Å²) in [5.41, 5.74) is 0.998. The lowest BCUT2D eigenvalue weighted by Crippen LogP contribution is -2.14. The fourth-order valence-electron chi connectivity index (χ4n) is 1.58. The molecule has 1 N–H and O–H groups in total. The van der Waals surface area contributed by atoms with Crippen molar-refractivity contribution in [3.63, 3.8) is 0 Å². The number of aromatic nitrogens is 1. The quantitative estimate of drug-likeness (QED) is 0.527. The Bertz CT molecular complexity index is 626. The maximum Gasteiger partial charge on any atom is 0.269 e.